The van der Waals surface area contributed by atoms with Crippen LogP contribution in [0, 0.1) is 0 Å². The Morgan fingerprint density at radius 2 is 1.96 bits per heavy atom. The Labute approximate surface area is 152 Å². The predicted molar refractivity (Wildman–Crippen MR) is 97.4 cm³/mol. The standard InChI is InChI=1S/C20H23N5O/c1-13(19-22-23-20(26-19)15-6-4-3-5-7-15)25-11-10-17-16(12-25)21-18(24(17)2)14-8-9-14/h3-7,13-14H,8-12H2,1-2H3. The van der Waals surface area contributed by atoms with E-state index in [1.54, 1.807) is 0 Å². The van der Waals surface area contributed by atoms with Crippen LogP contribution in [0.15, 0.2) is 34.7 Å². The second-order valence-corrected chi connectivity index (χ2v) is 7.40. The van der Waals surface area contributed by atoms with Crippen molar-refractivity contribution >= 4 is 0 Å². The summed E-state index contributed by atoms with van der Waals surface area (Å²) in [6, 6.07) is 10.0. The number of fused-ring (bicyclic) bond motifs is 1. The number of benzene rings is 1. The molecular weight excluding hydrogens is 326 g/mol. The lowest BCUT2D eigenvalue weighted by molar-refractivity contribution is 0.164. The molecule has 0 saturated heterocycles. The Morgan fingerprint density at radius 1 is 1.15 bits per heavy atom. The fourth-order valence-corrected chi connectivity index (χ4v) is 3.86. The van der Waals surface area contributed by atoms with E-state index in [1.165, 1.54) is 30.1 Å². The minimum absolute atomic E-state index is 0.0829. The molecule has 3 aromatic rings. The lowest BCUT2D eigenvalue weighted by atomic mass is 10.1. The molecule has 2 aromatic heterocycles. The van der Waals surface area contributed by atoms with E-state index in [-0.39, 0.29) is 6.04 Å². The monoisotopic (exact) mass is 349 g/mol. The number of imidazole rings is 1. The highest BCUT2D eigenvalue weighted by atomic mass is 16.4. The van der Waals surface area contributed by atoms with E-state index in [0.29, 0.717) is 17.7 Å². The number of nitrogens with zero attached hydrogens (tertiary/aromatic N) is 5. The van der Waals surface area contributed by atoms with Gasteiger partial charge in [0, 0.05) is 43.7 Å². The van der Waals surface area contributed by atoms with Crippen molar-refractivity contribution in [3.8, 4) is 11.5 Å². The molecule has 1 aliphatic carbocycles. The minimum atomic E-state index is 0.0829. The van der Waals surface area contributed by atoms with E-state index in [1.807, 2.05) is 30.3 Å². The summed E-state index contributed by atoms with van der Waals surface area (Å²) in [5.74, 6) is 3.21. The van der Waals surface area contributed by atoms with Crippen LogP contribution in [0.5, 0.6) is 0 Å². The van der Waals surface area contributed by atoms with Crippen LogP contribution in [-0.2, 0) is 20.0 Å². The van der Waals surface area contributed by atoms with Crippen LogP contribution in [-0.4, -0.2) is 31.2 Å². The normalized spacial score (nSPS) is 18.7. The number of hydrogen-bond donors (Lipinski definition) is 0. The predicted octanol–water partition coefficient (Wildman–Crippen LogP) is 3.47. The summed E-state index contributed by atoms with van der Waals surface area (Å²) < 4.78 is 8.29. The molecule has 26 heavy (non-hydrogen) atoms. The third kappa shape index (κ3) is 2.65. The molecule has 1 fully saturated rings. The Bertz CT molecular complexity index is 925. The Balaban J connectivity index is 1.36. The highest BCUT2D eigenvalue weighted by Crippen LogP contribution is 2.40. The molecule has 0 amide bonds. The summed E-state index contributed by atoms with van der Waals surface area (Å²) in [6.45, 7) is 3.97. The third-order valence-electron chi connectivity index (χ3n) is 5.63. The maximum Gasteiger partial charge on any atom is 0.247 e. The van der Waals surface area contributed by atoms with Gasteiger partial charge in [0.15, 0.2) is 0 Å². The van der Waals surface area contributed by atoms with Crippen LogP contribution >= 0.6 is 0 Å². The zero-order valence-electron chi connectivity index (χ0n) is 15.2. The number of rotatable bonds is 4. The third-order valence-corrected chi connectivity index (χ3v) is 5.63. The quantitative estimate of drug-likeness (QED) is 0.722. The van der Waals surface area contributed by atoms with Crippen molar-refractivity contribution in [2.75, 3.05) is 6.54 Å². The maximum atomic E-state index is 5.96. The molecule has 2 aliphatic rings. The van der Waals surface area contributed by atoms with Gasteiger partial charge in [0.05, 0.1) is 11.7 Å². The number of hydrogen-bond acceptors (Lipinski definition) is 5. The molecule has 0 radical (unpaired) electrons. The molecule has 5 rings (SSSR count). The smallest absolute Gasteiger partial charge is 0.247 e. The van der Waals surface area contributed by atoms with E-state index in [2.05, 4.69) is 33.6 Å². The molecule has 6 nitrogen and oxygen atoms in total. The van der Waals surface area contributed by atoms with Crippen LogP contribution in [0.1, 0.15) is 54.8 Å². The lowest BCUT2D eigenvalue weighted by Crippen LogP contribution is -2.33. The van der Waals surface area contributed by atoms with Crippen molar-refractivity contribution in [2.24, 2.45) is 7.05 Å². The van der Waals surface area contributed by atoms with Crippen LogP contribution in [0.3, 0.4) is 0 Å². The van der Waals surface area contributed by atoms with Gasteiger partial charge in [-0.1, -0.05) is 18.2 Å². The first-order chi connectivity index (χ1) is 12.7. The maximum absolute atomic E-state index is 5.96. The molecule has 0 bridgehead atoms. The molecule has 1 aromatic carbocycles. The molecule has 1 aliphatic heterocycles. The van der Waals surface area contributed by atoms with Gasteiger partial charge in [0.2, 0.25) is 11.8 Å². The summed E-state index contributed by atoms with van der Waals surface area (Å²) in [4.78, 5) is 7.33. The largest absolute Gasteiger partial charge is 0.419 e. The van der Waals surface area contributed by atoms with Gasteiger partial charge < -0.3 is 8.98 Å². The summed E-state index contributed by atoms with van der Waals surface area (Å²) in [6.07, 6.45) is 3.60. The lowest BCUT2D eigenvalue weighted by Gasteiger charge is -2.30. The SMILES string of the molecule is CC(c1nnc(-c2ccccc2)o1)N1CCc2c(nc(C3CC3)n2C)C1. The van der Waals surface area contributed by atoms with Crippen LogP contribution in [0.25, 0.3) is 11.5 Å². The van der Waals surface area contributed by atoms with Crippen molar-refractivity contribution in [2.45, 2.75) is 44.7 Å². The van der Waals surface area contributed by atoms with E-state index >= 15 is 0 Å². The highest BCUT2D eigenvalue weighted by Gasteiger charge is 2.33. The second kappa shape index (κ2) is 6.06. The second-order valence-electron chi connectivity index (χ2n) is 7.40. The topological polar surface area (TPSA) is 60.0 Å². The van der Waals surface area contributed by atoms with Crippen LogP contribution in [0.2, 0.25) is 0 Å². The molecule has 0 N–H and O–H groups in total. The van der Waals surface area contributed by atoms with Crippen molar-refractivity contribution in [3.63, 3.8) is 0 Å². The van der Waals surface area contributed by atoms with Gasteiger partial charge in [-0.15, -0.1) is 10.2 Å². The van der Waals surface area contributed by atoms with Crippen molar-refractivity contribution in [3.05, 3.63) is 53.4 Å². The average Bonchev–Trinajstić information content (AvgIpc) is 3.31. The Hall–Kier alpha value is -2.47. The molecule has 1 atom stereocenters. The van der Waals surface area contributed by atoms with Crippen LogP contribution in [0.4, 0.5) is 0 Å². The van der Waals surface area contributed by atoms with Gasteiger partial charge in [-0.3, -0.25) is 4.90 Å². The first-order valence-corrected chi connectivity index (χ1v) is 9.38. The summed E-state index contributed by atoms with van der Waals surface area (Å²) in [5.41, 5.74) is 3.57. The van der Waals surface area contributed by atoms with E-state index < -0.39 is 0 Å². The van der Waals surface area contributed by atoms with E-state index in [0.717, 1.165) is 25.1 Å². The number of aromatic nitrogens is 4. The van der Waals surface area contributed by atoms with Crippen molar-refractivity contribution < 1.29 is 4.42 Å². The van der Waals surface area contributed by atoms with Gasteiger partial charge in [-0.25, -0.2) is 4.98 Å². The summed E-state index contributed by atoms with van der Waals surface area (Å²) >= 11 is 0. The minimum Gasteiger partial charge on any atom is -0.419 e. The first-order valence-electron chi connectivity index (χ1n) is 9.38. The average molecular weight is 349 g/mol. The highest BCUT2D eigenvalue weighted by molar-refractivity contribution is 5.51. The van der Waals surface area contributed by atoms with Gasteiger partial charge in [-0.05, 0) is 31.9 Å². The zero-order chi connectivity index (χ0) is 17.7. The molecular formula is C20H23N5O. The fraction of sp³-hybridized carbons (Fsp3) is 0.450. The first kappa shape index (κ1) is 15.8. The summed E-state index contributed by atoms with van der Waals surface area (Å²) in [5, 5.41) is 8.53. The Kier molecular flexibility index (Phi) is 3.67. The van der Waals surface area contributed by atoms with Gasteiger partial charge in [0.1, 0.15) is 5.82 Å². The van der Waals surface area contributed by atoms with Gasteiger partial charge >= 0.3 is 0 Å². The molecule has 134 valence electrons. The Morgan fingerprint density at radius 3 is 2.73 bits per heavy atom. The molecule has 1 unspecified atom stereocenters. The van der Waals surface area contributed by atoms with Crippen molar-refractivity contribution in [1.29, 1.82) is 0 Å². The fourth-order valence-electron chi connectivity index (χ4n) is 3.86. The molecule has 0 spiro atoms. The molecule has 6 heteroatoms. The molecule has 3 heterocycles. The van der Waals surface area contributed by atoms with E-state index in [4.69, 9.17) is 9.40 Å². The summed E-state index contributed by atoms with van der Waals surface area (Å²) in [7, 11) is 2.17. The zero-order valence-corrected chi connectivity index (χ0v) is 15.2. The van der Waals surface area contributed by atoms with E-state index in [9.17, 15) is 0 Å². The molecule has 1 saturated carbocycles. The van der Waals surface area contributed by atoms with Crippen molar-refractivity contribution in [1.82, 2.24) is 24.6 Å². The van der Waals surface area contributed by atoms with Gasteiger partial charge in [-0.2, -0.15) is 0 Å². The van der Waals surface area contributed by atoms with Crippen LogP contribution < -0.4 is 0 Å². The van der Waals surface area contributed by atoms with Gasteiger partial charge in [0.25, 0.3) is 0 Å².